The Bertz CT molecular complexity index is 789. The van der Waals surface area contributed by atoms with Gasteiger partial charge in [0.2, 0.25) is 0 Å². The largest absolute Gasteiger partial charge is 0.278 e. The zero-order valence-corrected chi connectivity index (χ0v) is 9.58. The molecule has 0 saturated heterocycles. The molecule has 2 aromatic carbocycles. The maximum atomic E-state index is 12.1. The Hall–Kier alpha value is -2.49. The second kappa shape index (κ2) is 3.26. The average Bonchev–Trinajstić information content (AvgIpc) is 2.86. The summed E-state index contributed by atoms with van der Waals surface area (Å²) in [5.41, 5.74) is 1.63. The summed E-state index contributed by atoms with van der Waals surface area (Å²) in [4.78, 5) is 16.4. The highest BCUT2D eigenvalue weighted by Gasteiger charge is 2.31. The van der Waals surface area contributed by atoms with Gasteiger partial charge in [-0.1, -0.05) is 24.3 Å². The van der Waals surface area contributed by atoms with Crippen molar-refractivity contribution in [3.8, 4) is 11.4 Å². The van der Waals surface area contributed by atoms with Gasteiger partial charge in [-0.15, -0.1) is 0 Å². The summed E-state index contributed by atoms with van der Waals surface area (Å²) >= 11 is 0. The Morgan fingerprint density at radius 1 is 1.17 bits per heavy atom. The van der Waals surface area contributed by atoms with Crippen molar-refractivity contribution in [2.24, 2.45) is 0 Å². The Kier molecular flexibility index (Phi) is 1.73. The maximum Gasteiger partial charge on any atom is 0.278 e. The molecule has 4 heteroatoms. The first-order valence-electron chi connectivity index (χ1n) is 5.82. The molecule has 0 amide bonds. The molecule has 4 nitrogen and oxygen atoms in total. The van der Waals surface area contributed by atoms with E-state index in [1.807, 2.05) is 47.2 Å². The Morgan fingerprint density at radius 3 is 3.00 bits per heavy atom. The van der Waals surface area contributed by atoms with Gasteiger partial charge in [0.25, 0.3) is 12.4 Å². The fraction of sp³-hybridized carbons (Fsp3) is 0.0714. The number of hydrogen-bond acceptors (Lipinski definition) is 2. The monoisotopic (exact) mass is 236 g/mol. The topological polar surface area (TPSA) is 37.9 Å². The molecule has 1 aliphatic heterocycles. The fourth-order valence-corrected chi connectivity index (χ4v) is 2.57. The smallest absolute Gasteiger partial charge is 0.270 e. The van der Waals surface area contributed by atoms with Gasteiger partial charge in [0.1, 0.15) is 5.56 Å². The summed E-state index contributed by atoms with van der Waals surface area (Å²) in [6.45, 7) is 0.306. The molecule has 0 N–H and O–H groups in total. The molecule has 0 atom stereocenters. The molecule has 0 aliphatic carbocycles. The van der Waals surface area contributed by atoms with E-state index in [2.05, 4.69) is 4.98 Å². The molecular weight excluding hydrogens is 226 g/mol. The van der Waals surface area contributed by atoms with Gasteiger partial charge in [-0.2, -0.15) is 0 Å². The van der Waals surface area contributed by atoms with Gasteiger partial charge in [0.05, 0.1) is 4.76 Å². The fourth-order valence-electron chi connectivity index (χ4n) is 2.57. The number of nitroso groups, excluding NO2 is 1. The molecule has 0 radical (unpaired) electrons. The van der Waals surface area contributed by atoms with Gasteiger partial charge < -0.3 is 0 Å². The molecule has 0 bridgehead atoms. The predicted molar refractivity (Wildman–Crippen MR) is 68.5 cm³/mol. The summed E-state index contributed by atoms with van der Waals surface area (Å²) < 4.78 is 2.89. The SMILES string of the molecule is O=[N+]1Cn2ccnc2-c2c1ccc1ccccc21. The zero-order valence-electron chi connectivity index (χ0n) is 9.58. The van der Waals surface area contributed by atoms with Crippen molar-refractivity contribution >= 4 is 16.5 Å². The number of aromatic nitrogens is 2. The van der Waals surface area contributed by atoms with E-state index in [0.717, 1.165) is 26.9 Å². The first-order chi connectivity index (χ1) is 8.84. The minimum atomic E-state index is 0.306. The molecule has 1 aliphatic rings. The number of rotatable bonds is 0. The first-order valence-corrected chi connectivity index (χ1v) is 5.82. The van der Waals surface area contributed by atoms with E-state index >= 15 is 0 Å². The standard InChI is InChI=1S/C14H10N3O/c18-17-9-16-8-7-15-14(16)13-11-4-2-1-3-10(11)5-6-12(13)17/h1-8H,9H2/q+1. The van der Waals surface area contributed by atoms with E-state index in [-0.39, 0.29) is 0 Å². The van der Waals surface area contributed by atoms with Crippen LogP contribution in [0.1, 0.15) is 0 Å². The van der Waals surface area contributed by atoms with Crippen LogP contribution in [0.15, 0.2) is 48.8 Å². The second-order valence-corrected chi connectivity index (χ2v) is 4.42. The molecule has 0 unspecified atom stereocenters. The van der Waals surface area contributed by atoms with Crippen LogP contribution in [0.4, 0.5) is 5.69 Å². The highest BCUT2D eigenvalue weighted by Crippen LogP contribution is 2.38. The number of fused-ring (bicyclic) bond motifs is 5. The first kappa shape index (κ1) is 9.53. The van der Waals surface area contributed by atoms with Gasteiger partial charge in [-0.05, 0) is 16.8 Å². The zero-order chi connectivity index (χ0) is 12.1. The summed E-state index contributed by atoms with van der Waals surface area (Å²) in [7, 11) is 0. The molecule has 2 heterocycles. The lowest BCUT2D eigenvalue weighted by Gasteiger charge is -2.13. The Balaban J connectivity index is 2.21. The van der Waals surface area contributed by atoms with E-state index < -0.39 is 0 Å². The number of benzene rings is 2. The summed E-state index contributed by atoms with van der Waals surface area (Å²) in [5, 5.41) is 2.20. The molecular formula is C14H10N3O+. The number of nitrogens with zero attached hydrogens (tertiary/aromatic N) is 3. The third-order valence-corrected chi connectivity index (χ3v) is 3.40. The van der Waals surface area contributed by atoms with Crippen molar-refractivity contribution in [2.45, 2.75) is 6.67 Å². The third kappa shape index (κ3) is 1.12. The van der Waals surface area contributed by atoms with Gasteiger partial charge in [-0.3, -0.25) is 4.57 Å². The van der Waals surface area contributed by atoms with Crippen LogP contribution < -0.4 is 0 Å². The average molecular weight is 236 g/mol. The van der Waals surface area contributed by atoms with Crippen LogP contribution in [0.5, 0.6) is 0 Å². The Labute approximate surface area is 103 Å². The molecule has 0 saturated carbocycles. The molecule has 0 spiro atoms. The van der Waals surface area contributed by atoms with Crippen LogP contribution in [0.3, 0.4) is 0 Å². The summed E-state index contributed by atoms with van der Waals surface area (Å²) in [6.07, 6.45) is 3.57. The molecule has 3 aromatic rings. The quantitative estimate of drug-likeness (QED) is 0.562. The number of imidazole rings is 1. The van der Waals surface area contributed by atoms with Crippen LogP contribution in [0.25, 0.3) is 22.2 Å². The van der Waals surface area contributed by atoms with Crippen molar-refractivity contribution in [2.75, 3.05) is 0 Å². The molecule has 4 rings (SSSR count). The summed E-state index contributed by atoms with van der Waals surface area (Å²) in [5.74, 6) is 0.869. The highest BCUT2D eigenvalue weighted by molar-refractivity contribution is 5.99. The lowest BCUT2D eigenvalue weighted by Crippen LogP contribution is -2.16. The van der Waals surface area contributed by atoms with Gasteiger partial charge in [0, 0.05) is 23.4 Å². The summed E-state index contributed by atoms with van der Waals surface area (Å²) in [6, 6.07) is 11.9. The Morgan fingerprint density at radius 2 is 2.06 bits per heavy atom. The maximum absolute atomic E-state index is 12.1. The van der Waals surface area contributed by atoms with Gasteiger partial charge in [0.15, 0.2) is 5.82 Å². The lowest BCUT2D eigenvalue weighted by atomic mass is 10.0. The normalized spacial score (nSPS) is 13.4. The molecule has 86 valence electrons. The molecule has 0 fully saturated rings. The number of hydrogen-bond donors (Lipinski definition) is 0. The van der Waals surface area contributed by atoms with E-state index in [9.17, 15) is 4.91 Å². The molecule has 18 heavy (non-hydrogen) atoms. The molecule has 1 aromatic heterocycles. The van der Waals surface area contributed by atoms with Crippen LogP contribution in [-0.2, 0) is 6.67 Å². The minimum Gasteiger partial charge on any atom is -0.270 e. The van der Waals surface area contributed by atoms with Gasteiger partial charge >= 0.3 is 0 Å². The highest BCUT2D eigenvalue weighted by atomic mass is 16.3. The third-order valence-electron chi connectivity index (χ3n) is 3.40. The lowest BCUT2D eigenvalue weighted by molar-refractivity contribution is -0.499. The van der Waals surface area contributed by atoms with Crippen molar-refractivity contribution < 1.29 is 4.76 Å². The van der Waals surface area contributed by atoms with E-state index in [4.69, 9.17) is 0 Å². The van der Waals surface area contributed by atoms with Crippen molar-refractivity contribution in [3.05, 3.63) is 53.7 Å². The van der Waals surface area contributed by atoms with Crippen LogP contribution in [-0.4, -0.2) is 14.3 Å². The van der Waals surface area contributed by atoms with Crippen molar-refractivity contribution in [3.63, 3.8) is 0 Å². The van der Waals surface area contributed by atoms with Crippen LogP contribution >= 0.6 is 0 Å². The van der Waals surface area contributed by atoms with E-state index in [0.29, 0.717) is 12.4 Å². The van der Waals surface area contributed by atoms with E-state index in [1.165, 1.54) is 0 Å². The second-order valence-electron chi connectivity index (χ2n) is 4.42. The van der Waals surface area contributed by atoms with E-state index in [1.54, 1.807) is 6.20 Å². The van der Waals surface area contributed by atoms with Crippen LogP contribution in [0, 0.1) is 4.91 Å². The van der Waals surface area contributed by atoms with Crippen molar-refractivity contribution in [1.29, 1.82) is 0 Å². The van der Waals surface area contributed by atoms with Crippen LogP contribution in [0.2, 0.25) is 0 Å². The minimum absolute atomic E-state index is 0.306. The van der Waals surface area contributed by atoms with Gasteiger partial charge in [-0.25, -0.2) is 4.98 Å². The predicted octanol–water partition coefficient (Wildman–Crippen LogP) is 3.08. The van der Waals surface area contributed by atoms with Crippen molar-refractivity contribution in [1.82, 2.24) is 9.55 Å².